The topological polar surface area (TPSA) is 91.3 Å². The van der Waals surface area contributed by atoms with E-state index >= 15 is 0 Å². The lowest BCUT2D eigenvalue weighted by atomic mass is 10.2. The Morgan fingerprint density at radius 1 is 1.25 bits per heavy atom. The van der Waals surface area contributed by atoms with E-state index in [1.54, 1.807) is 36.4 Å². The van der Waals surface area contributed by atoms with Gasteiger partial charge in [-0.3, -0.25) is 10.1 Å². The van der Waals surface area contributed by atoms with E-state index in [9.17, 15) is 10.1 Å². The third kappa shape index (κ3) is 3.36. The Kier molecular flexibility index (Phi) is 4.43. The molecule has 0 aliphatic heterocycles. The number of benzene rings is 2. The van der Waals surface area contributed by atoms with Crippen molar-refractivity contribution in [3.05, 3.63) is 69.1 Å². The average molecular weight is 346 g/mol. The van der Waals surface area contributed by atoms with Crippen molar-refractivity contribution in [3.63, 3.8) is 0 Å². The summed E-state index contributed by atoms with van der Waals surface area (Å²) in [7, 11) is 0. The fourth-order valence-corrected chi connectivity index (χ4v) is 2.30. The second kappa shape index (κ2) is 6.67. The Morgan fingerprint density at radius 3 is 2.79 bits per heavy atom. The van der Waals surface area contributed by atoms with Crippen LogP contribution in [0.1, 0.15) is 11.5 Å². The van der Waals surface area contributed by atoms with Crippen molar-refractivity contribution in [3.8, 4) is 17.2 Å². The maximum atomic E-state index is 11.0. The number of hydrogen-bond donors (Lipinski definition) is 0. The molecule has 0 N–H and O–H groups in total. The van der Waals surface area contributed by atoms with E-state index in [0.29, 0.717) is 10.6 Å². The normalized spacial score (nSPS) is 10.6. The maximum Gasteiger partial charge on any atom is 0.310 e. The summed E-state index contributed by atoms with van der Waals surface area (Å²) in [5.41, 5.74) is 1.34. The summed E-state index contributed by atoms with van der Waals surface area (Å²) in [4.78, 5) is 10.5. The molecular weight excluding hydrogens is 334 g/mol. The highest BCUT2D eigenvalue weighted by Gasteiger charge is 2.17. The fourth-order valence-electron chi connectivity index (χ4n) is 2.08. The van der Waals surface area contributed by atoms with Gasteiger partial charge in [0.05, 0.1) is 15.5 Å². The Labute approximate surface area is 142 Å². The summed E-state index contributed by atoms with van der Waals surface area (Å²) in [5.74, 6) is 0.608. The van der Waals surface area contributed by atoms with Crippen LogP contribution in [0.2, 0.25) is 5.02 Å². The van der Waals surface area contributed by atoms with Crippen LogP contribution >= 0.6 is 11.6 Å². The summed E-state index contributed by atoms with van der Waals surface area (Å²) in [6.07, 6.45) is 0. The highest BCUT2D eigenvalue weighted by molar-refractivity contribution is 6.33. The van der Waals surface area contributed by atoms with Crippen LogP contribution in [-0.4, -0.2) is 15.1 Å². The highest BCUT2D eigenvalue weighted by Crippen LogP contribution is 2.29. The number of hydrogen-bond acceptors (Lipinski definition) is 6. The van der Waals surface area contributed by atoms with Gasteiger partial charge in [-0.15, -0.1) is 10.2 Å². The molecule has 7 nitrogen and oxygen atoms in total. The van der Waals surface area contributed by atoms with Gasteiger partial charge >= 0.3 is 5.69 Å². The molecule has 0 unspecified atom stereocenters. The number of ether oxygens (including phenoxy) is 1. The van der Waals surface area contributed by atoms with Crippen LogP contribution < -0.4 is 4.74 Å². The van der Waals surface area contributed by atoms with E-state index in [1.165, 1.54) is 6.07 Å². The lowest BCUT2D eigenvalue weighted by Crippen LogP contribution is -1.99. The first-order chi connectivity index (χ1) is 11.5. The van der Waals surface area contributed by atoms with E-state index in [-0.39, 0.29) is 29.8 Å². The van der Waals surface area contributed by atoms with Gasteiger partial charge in [0.2, 0.25) is 5.89 Å². The molecule has 8 heteroatoms. The minimum Gasteiger partial charge on any atom is -0.477 e. The van der Waals surface area contributed by atoms with Crippen molar-refractivity contribution < 1.29 is 14.1 Å². The van der Waals surface area contributed by atoms with Crippen molar-refractivity contribution in [2.75, 3.05) is 0 Å². The molecule has 0 bridgehead atoms. The largest absolute Gasteiger partial charge is 0.477 e. The van der Waals surface area contributed by atoms with Crippen LogP contribution in [0, 0.1) is 17.0 Å². The fraction of sp³-hybridized carbons (Fsp3) is 0.125. The van der Waals surface area contributed by atoms with Crippen LogP contribution in [0.25, 0.3) is 11.5 Å². The Hall–Kier alpha value is -2.93. The summed E-state index contributed by atoms with van der Waals surface area (Å²) >= 11 is 6.08. The zero-order chi connectivity index (χ0) is 17.1. The van der Waals surface area contributed by atoms with Crippen LogP contribution in [0.3, 0.4) is 0 Å². The van der Waals surface area contributed by atoms with E-state index in [4.69, 9.17) is 20.8 Å². The van der Waals surface area contributed by atoms with Crippen molar-refractivity contribution in [2.24, 2.45) is 0 Å². The predicted octanol–water partition coefficient (Wildman–Crippen LogP) is 4.19. The van der Waals surface area contributed by atoms with Crippen LogP contribution in [0.4, 0.5) is 5.69 Å². The van der Waals surface area contributed by atoms with E-state index in [0.717, 1.165) is 5.56 Å². The lowest BCUT2D eigenvalue weighted by molar-refractivity contribution is -0.386. The monoisotopic (exact) mass is 345 g/mol. The third-order valence-corrected chi connectivity index (χ3v) is 3.56. The molecule has 0 aliphatic carbocycles. The number of rotatable bonds is 5. The quantitative estimate of drug-likeness (QED) is 0.508. The van der Waals surface area contributed by atoms with Crippen molar-refractivity contribution in [1.29, 1.82) is 0 Å². The van der Waals surface area contributed by atoms with Gasteiger partial charge in [-0.2, -0.15) is 0 Å². The van der Waals surface area contributed by atoms with Crippen molar-refractivity contribution >= 4 is 17.3 Å². The van der Waals surface area contributed by atoms with E-state index < -0.39 is 4.92 Å². The summed E-state index contributed by atoms with van der Waals surface area (Å²) in [5, 5.41) is 19.3. The molecule has 0 radical (unpaired) electrons. The van der Waals surface area contributed by atoms with E-state index in [1.807, 2.05) is 6.92 Å². The Bertz CT molecular complexity index is 895. The summed E-state index contributed by atoms with van der Waals surface area (Å²) in [6.45, 7) is 1.74. The number of nitrogens with zero attached hydrogens (tertiary/aromatic N) is 3. The van der Waals surface area contributed by atoms with Crippen LogP contribution in [-0.2, 0) is 6.61 Å². The standard InChI is InChI=1S/C16H12ClN3O4/c1-10-6-7-13(20(21)22)14(8-10)23-9-15-18-19-16(24-15)11-4-2-3-5-12(11)17/h2-8H,9H2,1H3. The molecule has 0 saturated carbocycles. The molecule has 122 valence electrons. The van der Waals surface area contributed by atoms with Gasteiger partial charge < -0.3 is 9.15 Å². The maximum absolute atomic E-state index is 11.0. The first kappa shape index (κ1) is 15.9. The van der Waals surface area contributed by atoms with Crippen LogP contribution in [0.5, 0.6) is 5.75 Å². The van der Waals surface area contributed by atoms with Crippen LogP contribution in [0.15, 0.2) is 46.9 Å². The minimum atomic E-state index is -0.502. The van der Waals surface area contributed by atoms with Gasteiger partial charge in [0.25, 0.3) is 5.89 Å². The molecule has 1 heterocycles. The second-order valence-corrected chi connectivity index (χ2v) is 5.40. The second-order valence-electron chi connectivity index (χ2n) is 5.00. The molecule has 0 atom stereocenters. The molecule has 0 aliphatic rings. The van der Waals surface area contributed by atoms with Gasteiger partial charge in [-0.05, 0) is 30.7 Å². The Morgan fingerprint density at radius 2 is 2.04 bits per heavy atom. The van der Waals surface area contributed by atoms with Gasteiger partial charge in [-0.25, -0.2) is 0 Å². The third-order valence-electron chi connectivity index (χ3n) is 3.23. The first-order valence-electron chi connectivity index (χ1n) is 6.99. The smallest absolute Gasteiger partial charge is 0.310 e. The molecule has 0 saturated heterocycles. The highest BCUT2D eigenvalue weighted by atomic mass is 35.5. The molecule has 0 fully saturated rings. The lowest BCUT2D eigenvalue weighted by Gasteiger charge is -2.05. The number of aromatic nitrogens is 2. The molecule has 3 rings (SSSR count). The summed E-state index contributed by atoms with van der Waals surface area (Å²) in [6, 6.07) is 11.7. The number of nitro groups is 1. The van der Waals surface area contributed by atoms with E-state index in [2.05, 4.69) is 10.2 Å². The number of halogens is 1. The zero-order valence-electron chi connectivity index (χ0n) is 12.6. The first-order valence-corrected chi connectivity index (χ1v) is 7.37. The number of aryl methyl sites for hydroxylation is 1. The Balaban J connectivity index is 1.78. The SMILES string of the molecule is Cc1ccc([N+](=O)[O-])c(OCc2nnc(-c3ccccc3Cl)o2)c1. The average Bonchev–Trinajstić information content (AvgIpc) is 3.02. The number of nitro benzene ring substituents is 1. The minimum absolute atomic E-state index is 0.0816. The van der Waals surface area contributed by atoms with Gasteiger partial charge in [-0.1, -0.05) is 29.8 Å². The molecule has 24 heavy (non-hydrogen) atoms. The van der Waals surface area contributed by atoms with Gasteiger partial charge in [0.1, 0.15) is 0 Å². The van der Waals surface area contributed by atoms with Crippen molar-refractivity contribution in [1.82, 2.24) is 10.2 Å². The summed E-state index contributed by atoms with van der Waals surface area (Å²) < 4.78 is 11.0. The molecule has 3 aromatic rings. The molecule has 0 amide bonds. The van der Waals surface area contributed by atoms with Gasteiger partial charge in [0, 0.05) is 6.07 Å². The molecular formula is C16H12ClN3O4. The predicted molar refractivity (Wildman–Crippen MR) is 86.9 cm³/mol. The zero-order valence-corrected chi connectivity index (χ0v) is 13.4. The van der Waals surface area contributed by atoms with Crippen molar-refractivity contribution in [2.45, 2.75) is 13.5 Å². The molecule has 0 spiro atoms. The van der Waals surface area contributed by atoms with Gasteiger partial charge in [0.15, 0.2) is 12.4 Å². The molecule has 2 aromatic carbocycles. The molecule has 1 aromatic heterocycles.